The normalized spacial score (nSPS) is 12.2. The molecule has 0 unspecified atom stereocenters. The molecule has 0 fully saturated rings. The third-order valence-corrected chi connectivity index (χ3v) is 11.4. The molecule has 0 aliphatic rings. The summed E-state index contributed by atoms with van der Waals surface area (Å²) in [6, 6.07) is 0. The Kier molecular flexibility index (Phi) is 52.7. The van der Waals surface area contributed by atoms with Gasteiger partial charge in [-0.25, -0.2) is 0 Å². The van der Waals surface area contributed by atoms with Crippen molar-refractivity contribution in [2.45, 2.75) is 239 Å². The van der Waals surface area contributed by atoms with E-state index in [1.165, 1.54) is 0 Å². The van der Waals surface area contributed by atoms with Crippen molar-refractivity contribution >= 4 is 11.9 Å². The molecule has 10 nitrogen and oxygen atoms in total. The number of aliphatic hydroxyl groups is 1. The number of nitrogens with zero attached hydrogens (tertiary/aromatic N) is 1. The average molecular weight is 948 g/mol. The van der Waals surface area contributed by atoms with Crippen molar-refractivity contribution in [1.82, 2.24) is 4.90 Å². The summed E-state index contributed by atoms with van der Waals surface area (Å²) in [5.41, 5.74) is 0. The lowest BCUT2D eigenvalue weighted by atomic mass is 10.1. The first-order chi connectivity index (χ1) is 33.0. The van der Waals surface area contributed by atoms with Crippen LogP contribution < -0.4 is 0 Å². The van der Waals surface area contributed by atoms with Gasteiger partial charge >= 0.3 is 11.9 Å². The molecular weight excluding hydrogens is 843 g/mol. The Balaban J connectivity index is 4.24. The predicted octanol–water partition coefficient (Wildman–Crippen LogP) is 14.5. The molecule has 67 heavy (non-hydrogen) atoms. The molecule has 0 atom stereocenters. The van der Waals surface area contributed by atoms with E-state index in [-0.39, 0.29) is 31.1 Å². The fraction of sp³-hybridized carbons (Fsp3) is 0.825. The first-order valence-corrected chi connectivity index (χ1v) is 27.7. The molecule has 0 aliphatic heterocycles. The van der Waals surface area contributed by atoms with Crippen molar-refractivity contribution in [2.24, 2.45) is 0 Å². The zero-order valence-corrected chi connectivity index (χ0v) is 43.9. The lowest BCUT2D eigenvalue weighted by molar-refractivity contribution is -0.159. The maximum atomic E-state index is 12.5. The van der Waals surface area contributed by atoms with Crippen molar-refractivity contribution in [1.29, 1.82) is 0 Å². The Morgan fingerprint density at radius 2 is 0.687 bits per heavy atom. The van der Waals surface area contributed by atoms with Gasteiger partial charge in [-0.1, -0.05) is 115 Å². The molecule has 1 N–H and O–H groups in total. The Morgan fingerprint density at radius 3 is 1.01 bits per heavy atom. The number of rotatable bonds is 53. The van der Waals surface area contributed by atoms with E-state index in [0.29, 0.717) is 65.3 Å². The number of unbranched alkanes of at least 4 members (excludes halogenated alkanes) is 16. The van der Waals surface area contributed by atoms with E-state index < -0.39 is 0 Å². The number of esters is 2. The van der Waals surface area contributed by atoms with Gasteiger partial charge in [0.25, 0.3) is 0 Å². The molecule has 0 saturated carbocycles. The summed E-state index contributed by atoms with van der Waals surface area (Å²) in [6.45, 7) is 15.4. The number of carbonyl (C=O) groups excluding carboxylic acids is 2. The highest BCUT2D eigenvalue weighted by molar-refractivity contribution is 5.69. The number of hydrogen-bond donors (Lipinski definition) is 1. The zero-order chi connectivity index (χ0) is 48.8. The van der Waals surface area contributed by atoms with E-state index in [4.69, 9.17) is 28.4 Å². The largest absolute Gasteiger partial charge is 0.466 e. The van der Waals surface area contributed by atoms with Gasteiger partial charge in [-0.05, 0) is 148 Å². The van der Waals surface area contributed by atoms with Crippen molar-refractivity contribution in [3.8, 4) is 0 Å². The van der Waals surface area contributed by atoms with E-state index in [0.717, 1.165) is 193 Å². The molecule has 0 heterocycles. The van der Waals surface area contributed by atoms with Crippen LogP contribution in [0.2, 0.25) is 0 Å². The highest BCUT2D eigenvalue weighted by atomic mass is 16.7. The lowest BCUT2D eigenvalue weighted by Crippen LogP contribution is -2.27. The summed E-state index contributed by atoms with van der Waals surface area (Å²) in [6.07, 6.45) is 47.1. The summed E-state index contributed by atoms with van der Waals surface area (Å²) in [5.74, 6) is -0.341. The maximum Gasteiger partial charge on any atom is 0.305 e. The number of aliphatic hydroxyl groups excluding tert-OH is 1. The highest BCUT2D eigenvalue weighted by Gasteiger charge is 2.15. The van der Waals surface area contributed by atoms with Crippen LogP contribution in [-0.4, -0.2) is 100 Å². The van der Waals surface area contributed by atoms with Crippen LogP contribution in [0.15, 0.2) is 48.6 Å². The fourth-order valence-electron chi connectivity index (χ4n) is 7.44. The van der Waals surface area contributed by atoms with Crippen molar-refractivity contribution in [3.63, 3.8) is 0 Å². The minimum Gasteiger partial charge on any atom is -0.466 e. The van der Waals surface area contributed by atoms with Gasteiger partial charge in [-0.15, -0.1) is 0 Å². The van der Waals surface area contributed by atoms with E-state index >= 15 is 0 Å². The Bertz CT molecular complexity index is 1030. The van der Waals surface area contributed by atoms with Gasteiger partial charge in [0.05, 0.1) is 26.1 Å². The van der Waals surface area contributed by atoms with Crippen LogP contribution in [-0.2, 0) is 38.0 Å². The van der Waals surface area contributed by atoms with Crippen LogP contribution in [0.25, 0.3) is 0 Å². The number of hydrogen-bond acceptors (Lipinski definition) is 10. The Morgan fingerprint density at radius 1 is 0.388 bits per heavy atom. The minimum absolute atomic E-state index is 0.171. The SMILES string of the molecule is CC/C=C\CCCCOC(CCC(=O)OCCCCCCCN(CCCO)CCCCCCCOC(=O)CCC(OCCCC/C=C\CC)OCCCC/C=C\CC)OCCCC/C=C\CC. The molecule has 0 aromatic heterocycles. The van der Waals surface area contributed by atoms with Gasteiger partial charge in [-0.2, -0.15) is 0 Å². The standard InChI is InChI=1S/C57H105NO9/c1-5-9-13-17-25-35-50-64-56(65-51-36-26-18-14-10-6-2)42-40-54(60)62-48-33-29-21-23-31-44-58(46-39-47-59)45-32-24-22-30-34-49-63-55(61)41-43-57(66-52-37-27-19-15-11-7-3)67-53-38-28-20-16-12-8-4/h9-16,56-57,59H,5-8,17-53H2,1-4H3/b13-9-,14-10-,15-11-,16-12-. The van der Waals surface area contributed by atoms with Gasteiger partial charge in [-0.3, -0.25) is 9.59 Å². The molecule has 0 aromatic rings. The van der Waals surface area contributed by atoms with Gasteiger partial charge in [0, 0.05) is 52.4 Å². The summed E-state index contributed by atoms with van der Waals surface area (Å²) < 4.78 is 35.4. The van der Waals surface area contributed by atoms with E-state index in [2.05, 4.69) is 81.2 Å². The van der Waals surface area contributed by atoms with Crippen LogP contribution in [0.1, 0.15) is 227 Å². The van der Waals surface area contributed by atoms with Crippen LogP contribution in [0.4, 0.5) is 0 Å². The van der Waals surface area contributed by atoms with Crippen molar-refractivity contribution in [3.05, 3.63) is 48.6 Å². The fourth-order valence-corrected chi connectivity index (χ4v) is 7.44. The molecule has 0 rings (SSSR count). The number of allylic oxidation sites excluding steroid dienone is 8. The Hall–Kier alpha value is -2.34. The average Bonchev–Trinajstić information content (AvgIpc) is 3.33. The monoisotopic (exact) mass is 948 g/mol. The molecule has 0 aromatic carbocycles. The Labute approximate surface area is 412 Å². The second kappa shape index (κ2) is 54.6. The first-order valence-electron chi connectivity index (χ1n) is 27.7. The van der Waals surface area contributed by atoms with Crippen LogP contribution >= 0.6 is 0 Å². The molecule has 392 valence electrons. The van der Waals surface area contributed by atoms with Gasteiger partial charge in [0.15, 0.2) is 12.6 Å². The molecule has 0 bridgehead atoms. The van der Waals surface area contributed by atoms with Crippen LogP contribution in [0.5, 0.6) is 0 Å². The number of carbonyl (C=O) groups is 2. The molecule has 10 heteroatoms. The summed E-state index contributed by atoms with van der Waals surface area (Å²) >= 11 is 0. The summed E-state index contributed by atoms with van der Waals surface area (Å²) in [7, 11) is 0. The third-order valence-electron chi connectivity index (χ3n) is 11.4. The van der Waals surface area contributed by atoms with E-state index in [1.807, 2.05) is 0 Å². The quantitative estimate of drug-likeness (QED) is 0.0274. The van der Waals surface area contributed by atoms with Crippen molar-refractivity contribution < 1.29 is 43.1 Å². The lowest BCUT2D eigenvalue weighted by Gasteiger charge is -2.22. The number of ether oxygens (including phenoxy) is 6. The minimum atomic E-state index is -0.363. The smallest absolute Gasteiger partial charge is 0.305 e. The second-order valence-electron chi connectivity index (χ2n) is 17.8. The van der Waals surface area contributed by atoms with Crippen molar-refractivity contribution in [2.75, 3.05) is 65.9 Å². The van der Waals surface area contributed by atoms with Gasteiger partial charge in [0.2, 0.25) is 0 Å². The van der Waals surface area contributed by atoms with Crippen LogP contribution in [0.3, 0.4) is 0 Å². The first kappa shape index (κ1) is 64.7. The molecule has 0 spiro atoms. The molecule has 0 aliphatic carbocycles. The van der Waals surface area contributed by atoms with Gasteiger partial charge < -0.3 is 38.4 Å². The topological polar surface area (TPSA) is 113 Å². The highest BCUT2D eigenvalue weighted by Crippen LogP contribution is 2.14. The summed E-state index contributed by atoms with van der Waals surface area (Å²) in [5, 5.41) is 9.47. The van der Waals surface area contributed by atoms with Gasteiger partial charge in [0.1, 0.15) is 0 Å². The van der Waals surface area contributed by atoms with Crippen LogP contribution in [0, 0.1) is 0 Å². The third kappa shape index (κ3) is 49.9. The molecule has 0 amide bonds. The maximum absolute atomic E-state index is 12.5. The second-order valence-corrected chi connectivity index (χ2v) is 17.8. The summed E-state index contributed by atoms with van der Waals surface area (Å²) in [4.78, 5) is 27.6. The zero-order valence-electron chi connectivity index (χ0n) is 43.9. The molecule has 0 radical (unpaired) electrons. The van der Waals surface area contributed by atoms with E-state index in [9.17, 15) is 14.7 Å². The molecule has 0 saturated heterocycles. The molecular formula is C57H105NO9. The van der Waals surface area contributed by atoms with E-state index in [1.54, 1.807) is 0 Å². The predicted molar refractivity (Wildman–Crippen MR) is 279 cm³/mol.